The Bertz CT molecular complexity index is 282. The molecule has 2 unspecified atom stereocenters. The molecule has 3 nitrogen and oxygen atoms in total. The Morgan fingerprint density at radius 3 is 2.62 bits per heavy atom. The van der Waals surface area contributed by atoms with E-state index in [0.717, 1.165) is 31.9 Å². The second-order valence-electron chi connectivity index (χ2n) is 5.88. The number of likely N-dealkylation sites (tertiary alicyclic amines) is 1. The van der Waals surface area contributed by atoms with Crippen LogP contribution in [0, 0.1) is 0 Å². The zero-order chi connectivity index (χ0) is 11.9. The van der Waals surface area contributed by atoms with Gasteiger partial charge in [0.15, 0.2) is 5.88 Å². The van der Waals surface area contributed by atoms with Gasteiger partial charge in [0, 0.05) is 37.6 Å². The van der Waals surface area contributed by atoms with E-state index in [1.165, 1.54) is 0 Å². The largest absolute Gasteiger partial charge is 0.475 e. The lowest BCUT2D eigenvalue weighted by atomic mass is 10.0. The summed E-state index contributed by atoms with van der Waals surface area (Å²) in [5.74, 6) is 0.864. The lowest BCUT2D eigenvalue weighted by Crippen LogP contribution is -2.50. The van der Waals surface area contributed by atoms with E-state index in [0.29, 0.717) is 12.1 Å². The molecule has 0 amide bonds. The number of rotatable bonds is 1. The maximum Gasteiger partial charge on any atom is 0.182 e. The average Bonchev–Trinajstić information content (AvgIpc) is 2.47. The fourth-order valence-electron chi connectivity index (χ4n) is 2.88. The summed E-state index contributed by atoms with van der Waals surface area (Å²) >= 11 is 0. The zero-order valence-corrected chi connectivity index (χ0v) is 11.0. The quantitative estimate of drug-likeness (QED) is 0.678. The van der Waals surface area contributed by atoms with Crippen molar-refractivity contribution in [2.24, 2.45) is 0 Å². The van der Waals surface area contributed by atoms with Crippen LogP contribution in [0.15, 0.2) is 12.5 Å². The molecule has 0 N–H and O–H groups in total. The first-order valence-electron chi connectivity index (χ1n) is 6.29. The van der Waals surface area contributed by atoms with Crippen molar-refractivity contribution in [3.8, 4) is 0 Å². The van der Waals surface area contributed by atoms with Gasteiger partial charge in [0.2, 0.25) is 0 Å². The molecular weight excluding hydrogens is 200 g/mol. The number of nitrogens with zero attached hydrogens (tertiary/aromatic N) is 2. The van der Waals surface area contributed by atoms with Gasteiger partial charge in [-0.1, -0.05) is 0 Å². The van der Waals surface area contributed by atoms with E-state index in [-0.39, 0.29) is 5.54 Å². The Hall–Kier alpha value is -0.700. The fourth-order valence-corrected chi connectivity index (χ4v) is 2.88. The van der Waals surface area contributed by atoms with Crippen molar-refractivity contribution in [3.05, 3.63) is 12.5 Å². The molecule has 2 atom stereocenters. The van der Waals surface area contributed by atoms with Gasteiger partial charge >= 0.3 is 0 Å². The number of fused-ring (bicyclic) bond motifs is 2. The smallest absolute Gasteiger partial charge is 0.182 e. The van der Waals surface area contributed by atoms with E-state index in [1.54, 1.807) is 0 Å². The van der Waals surface area contributed by atoms with Gasteiger partial charge in [-0.05, 0) is 34.3 Å². The van der Waals surface area contributed by atoms with Gasteiger partial charge in [-0.3, -0.25) is 4.90 Å². The minimum atomic E-state index is 0.237. The van der Waals surface area contributed by atoms with Gasteiger partial charge in [-0.25, -0.2) is 0 Å². The molecule has 2 bridgehead atoms. The van der Waals surface area contributed by atoms with Gasteiger partial charge in [0.05, 0.1) is 0 Å². The minimum absolute atomic E-state index is 0.237. The number of hydrogen-bond donors (Lipinski definition) is 0. The van der Waals surface area contributed by atoms with E-state index >= 15 is 0 Å². The zero-order valence-electron chi connectivity index (χ0n) is 11.0. The second kappa shape index (κ2) is 3.95. The van der Waals surface area contributed by atoms with Crippen molar-refractivity contribution in [1.29, 1.82) is 0 Å². The maximum atomic E-state index is 5.92. The third-order valence-corrected chi connectivity index (χ3v) is 3.71. The summed E-state index contributed by atoms with van der Waals surface area (Å²) in [5.41, 5.74) is 0.237. The van der Waals surface area contributed by atoms with Crippen LogP contribution in [0.25, 0.3) is 0 Å². The minimum Gasteiger partial charge on any atom is -0.475 e. The highest BCUT2D eigenvalue weighted by atomic mass is 16.5. The van der Waals surface area contributed by atoms with Crippen LogP contribution < -0.4 is 0 Å². The molecule has 2 rings (SSSR count). The first-order chi connectivity index (χ1) is 7.41. The Balaban J connectivity index is 2.14. The number of likely N-dealkylation sites (N-methyl/N-ethyl adjacent to an activating group) is 1. The Morgan fingerprint density at radius 2 is 2.06 bits per heavy atom. The molecule has 2 saturated heterocycles. The molecule has 0 aromatic carbocycles. The SMILES string of the molecule is C=C1OC2CC(CN1CC)N(C(C)(C)C)C2. The number of hydrogen-bond acceptors (Lipinski definition) is 3. The summed E-state index contributed by atoms with van der Waals surface area (Å²) in [5, 5.41) is 0. The summed E-state index contributed by atoms with van der Waals surface area (Å²) in [6.45, 7) is 16.1. The molecule has 2 aliphatic rings. The van der Waals surface area contributed by atoms with Crippen molar-refractivity contribution in [2.45, 2.75) is 51.8 Å². The van der Waals surface area contributed by atoms with Crippen LogP contribution in [-0.2, 0) is 4.74 Å². The summed E-state index contributed by atoms with van der Waals surface area (Å²) in [6.07, 6.45) is 1.49. The summed E-state index contributed by atoms with van der Waals surface area (Å²) in [4.78, 5) is 4.83. The Kier molecular flexibility index (Phi) is 2.91. The van der Waals surface area contributed by atoms with Crippen molar-refractivity contribution in [1.82, 2.24) is 9.80 Å². The van der Waals surface area contributed by atoms with Crippen LogP contribution >= 0.6 is 0 Å². The monoisotopic (exact) mass is 224 g/mol. The van der Waals surface area contributed by atoms with E-state index in [9.17, 15) is 0 Å². The molecule has 2 fully saturated rings. The summed E-state index contributed by atoms with van der Waals surface area (Å²) in [7, 11) is 0. The third-order valence-electron chi connectivity index (χ3n) is 3.71. The molecule has 2 heterocycles. The number of ether oxygens (including phenoxy) is 1. The molecule has 0 saturated carbocycles. The molecule has 92 valence electrons. The first-order valence-corrected chi connectivity index (χ1v) is 6.29. The molecule has 0 aromatic heterocycles. The van der Waals surface area contributed by atoms with Crippen LogP contribution in [0.1, 0.15) is 34.1 Å². The molecule has 3 heteroatoms. The van der Waals surface area contributed by atoms with E-state index in [4.69, 9.17) is 4.74 Å². The molecule has 0 aromatic rings. The average molecular weight is 224 g/mol. The third kappa shape index (κ3) is 2.05. The Morgan fingerprint density at radius 1 is 1.38 bits per heavy atom. The normalized spacial score (nSPS) is 31.5. The van der Waals surface area contributed by atoms with Gasteiger partial charge in [0.1, 0.15) is 6.10 Å². The molecule has 2 aliphatic heterocycles. The van der Waals surface area contributed by atoms with Crippen LogP contribution in [0.2, 0.25) is 0 Å². The van der Waals surface area contributed by atoms with Crippen molar-refractivity contribution < 1.29 is 4.74 Å². The van der Waals surface area contributed by atoms with E-state index in [2.05, 4.69) is 44.1 Å². The molecule has 16 heavy (non-hydrogen) atoms. The topological polar surface area (TPSA) is 15.7 Å². The van der Waals surface area contributed by atoms with Crippen LogP contribution in [-0.4, -0.2) is 47.1 Å². The van der Waals surface area contributed by atoms with Crippen molar-refractivity contribution in [2.75, 3.05) is 19.6 Å². The van der Waals surface area contributed by atoms with Gasteiger partial charge in [-0.2, -0.15) is 0 Å². The highest BCUT2D eigenvalue weighted by molar-refractivity contribution is 5.01. The Labute approximate surface area is 99.1 Å². The highest BCUT2D eigenvalue weighted by Gasteiger charge is 2.42. The van der Waals surface area contributed by atoms with E-state index in [1.807, 2.05) is 0 Å². The van der Waals surface area contributed by atoms with Crippen LogP contribution in [0.3, 0.4) is 0 Å². The summed E-state index contributed by atoms with van der Waals surface area (Å²) < 4.78 is 5.92. The van der Waals surface area contributed by atoms with Crippen molar-refractivity contribution in [3.63, 3.8) is 0 Å². The predicted octanol–water partition coefficient (Wildman–Crippen LogP) is 2.05. The van der Waals surface area contributed by atoms with Crippen LogP contribution in [0.5, 0.6) is 0 Å². The first kappa shape index (κ1) is 11.8. The molecule has 0 spiro atoms. The van der Waals surface area contributed by atoms with Crippen molar-refractivity contribution >= 4 is 0 Å². The van der Waals surface area contributed by atoms with Crippen LogP contribution in [0.4, 0.5) is 0 Å². The van der Waals surface area contributed by atoms with Gasteiger partial charge < -0.3 is 9.64 Å². The lowest BCUT2D eigenvalue weighted by molar-refractivity contribution is 0.0235. The van der Waals surface area contributed by atoms with Gasteiger partial charge in [0.25, 0.3) is 0 Å². The van der Waals surface area contributed by atoms with E-state index < -0.39 is 0 Å². The standard InChI is InChI=1S/C13H24N2O/c1-6-14-8-11-7-12(16-10(14)2)9-15(11)13(3,4)5/h11-12H,2,6-9H2,1,3-5H3. The molecule has 0 aliphatic carbocycles. The molecule has 0 radical (unpaired) electrons. The maximum absolute atomic E-state index is 5.92. The fraction of sp³-hybridized carbons (Fsp3) is 0.846. The lowest BCUT2D eigenvalue weighted by Gasteiger charge is -2.40. The predicted molar refractivity (Wildman–Crippen MR) is 66.1 cm³/mol. The highest BCUT2D eigenvalue weighted by Crippen LogP contribution is 2.32. The second-order valence-corrected chi connectivity index (χ2v) is 5.88. The molecular formula is C13H24N2O. The van der Waals surface area contributed by atoms with Gasteiger partial charge in [-0.15, -0.1) is 0 Å². The summed E-state index contributed by atoms with van der Waals surface area (Å²) in [6, 6.07) is 0.615.